The van der Waals surface area contributed by atoms with Gasteiger partial charge in [0.1, 0.15) is 29.5 Å². The number of nitrogens with one attached hydrogen (secondary N) is 3. The third-order valence-corrected chi connectivity index (χ3v) is 12.9. The number of carboxylic acid groups (broad SMARTS) is 1. The van der Waals surface area contributed by atoms with Gasteiger partial charge in [-0.15, -0.1) is 0 Å². The van der Waals surface area contributed by atoms with Crippen molar-refractivity contribution in [3.63, 3.8) is 0 Å². The van der Waals surface area contributed by atoms with Crippen LogP contribution in [0, 0.1) is 11.7 Å². The van der Waals surface area contributed by atoms with Crippen LogP contribution in [0.3, 0.4) is 0 Å². The molecule has 1 aromatic rings. The quantitative estimate of drug-likeness (QED) is 0.226. The molecule has 3 fully saturated rings. The molecule has 6 rings (SSSR count). The number of aliphatic carboxylic acids is 1. The molecule has 2 aliphatic carbocycles. The zero-order valence-electron chi connectivity index (χ0n) is 30.5. The van der Waals surface area contributed by atoms with E-state index >= 15 is 0 Å². The molecule has 55 heavy (non-hydrogen) atoms. The summed E-state index contributed by atoms with van der Waals surface area (Å²) in [7, 11) is -3.96. The van der Waals surface area contributed by atoms with E-state index in [1.54, 1.807) is 18.2 Å². The molecule has 1 aromatic carbocycles. The lowest BCUT2D eigenvalue weighted by molar-refractivity contribution is -0.142. The lowest BCUT2D eigenvalue weighted by atomic mass is 10.0. The Hall–Kier alpha value is -4.58. The summed E-state index contributed by atoms with van der Waals surface area (Å²) in [6.45, 7) is -0.196. The van der Waals surface area contributed by atoms with E-state index in [-0.39, 0.29) is 51.7 Å². The number of allylic oxidation sites excluding steroid dienone is 1. The van der Waals surface area contributed by atoms with Crippen molar-refractivity contribution in [3.05, 3.63) is 47.3 Å². The fourth-order valence-corrected chi connectivity index (χ4v) is 8.98. The second-order valence-corrected chi connectivity index (χ2v) is 17.3. The third-order valence-electron chi connectivity index (χ3n) is 11.1. The van der Waals surface area contributed by atoms with Crippen molar-refractivity contribution < 1.29 is 51.4 Å². The molecule has 0 unspecified atom stereocenters. The van der Waals surface area contributed by atoms with E-state index in [4.69, 9.17) is 15.6 Å². The fourth-order valence-electron chi connectivity index (χ4n) is 7.62. The summed E-state index contributed by atoms with van der Waals surface area (Å²) in [6.07, 6.45) is 6.87. The van der Waals surface area contributed by atoms with Crippen molar-refractivity contribution >= 4 is 45.7 Å². The Morgan fingerprint density at radius 3 is 2.55 bits per heavy atom. The average Bonchev–Trinajstić information content (AvgIpc) is 4.02. The van der Waals surface area contributed by atoms with Crippen LogP contribution in [0.2, 0.25) is 0 Å². The van der Waals surface area contributed by atoms with E-state index < -0.39 is 92.5 Å². The standard InChI is InChI=1S/C37H49FN6O10S/c38-27-11-8-9-22-19-43(21-26(22)27)36(51)54-24-17-30-33(48)41-37(35(50)42-55(52,53)25-13-14-25)18-23(37)10-6-4-2-1-3-5-7-12-29(34(49)44(30)20-24)40-32(47)28(39)15-16-31(45)46/h6,8-11,23-25,28-30H,1-5,7,12-21,39H2,(H,40,47)(H,41,48)(H,42,50)(H,45,46)/b10-6-/t23-,24+,28+,29-,30-,37+/m0/s1. The van der Waals surface area contributed by atoms with E-state index in [2.05, 4.69) is 15.4 Å². The highest BCUT2D eigenvalue weighted by Crippen LogP contribution is 2.46. The average molecular weight is 789 g/mol. The number of carbonyl (C=O) groups excluding carboxylic acids is 5. The van der Waals surface area contributed by atoms with Gasteiger partial charge in [-0.25, -0.2) is 17.6 Å². The molecule has 0 aromatic heterocycles. The van der Waals surface area contributed by atoms with Crippen molar-refractivity contribution in [1.82, 2.24) is 25.2 Å². The number of halogens is 1. The highest BCUT2D eigenvalue weighted by molar-refractivity contribution is 7.91. The minimum absolute atomic E-state index is 0.0351. The van der Waals surface area contributed by atoms with Gasteiger partial charge in [0.2, 0.25) is 27.7 Å². The van der Waals surface area contributed by atoms with E-state index in [1.807, 2.05) is 6.08 Å². The number of sulfonamides is 1. The Morgan fingerprint density at radius 1 is 1.07 bits per heavy atom. The molecule has 3 heterocycles. The van der Waals surface area contributed by atoms with Crippen LogP contribution in [0.15, 0.2) is 30.4 Å². The van der Waals surface area contributed by atoms with Gasteiger partial charge in [0.15, 0.2) is 0 Å². The van der Waals surface area contributed by atoms with Crippen molar-refractivity contribution in [2.45, 2.75) is 132 Å². The van der Waals surface area contributed by atoms with Gasteiger partial charge in [0, 0.05) is 30.9 Å². The highest BCUT2D eigenvalue weighted by Gasteiger charge is 2.62. The van der Waals surface area contributed by atoms with E-state index in [0.717, 1.165) is 25.7 Å². The maximum Gasteiger partial charge on any atom is 0.410 e. The predicted molar refractivity (Wildman–Crippen MR) is 193 cm³/mol. The molecule has 5 amide bonds. The number of hydrogen-bond acceptors (Lipinski definition) is 10. The topological polar surface area (TPSA) is 235 Å². The second-order valence-electron chi connectivity index (χ2n) is 15.3. The van der Waals surface area contributed by atoms with Gasteiger partial charge >= 0.3 is 12.1 Å². The molecule has 0 spiro atoms. The van der Waals surface area contributed by atoms with Crippen LogP contribution in [-0.2, 0) is 51.8 Å². The summed E-state index contributed by atoms with van der Waals surface area (Å²) in [5.74, 6) is -5.17. The number of ether oxygens (including phenoxy) is 1. The molecular formula is C37H49FN6O10S. The number of amides is 5. The number of fused-ring (bicyclic) bond motifs is 3. The lowest BCUT2D eigenvalue weighted by Gasteiger charge is -2.30. The minimum Gasteiger partial charge on any atom is -0.481 e. The first-order valence-electron chi connectivity index (χ1n) is 19.0. The predicted octanol–water partition coefficient (Wildman–Crippen LogP) is 1.71. The van der Waals surface area contributed by atoms with E-state index in [1.165, 1.54) is 15.9 Å². The maximum atomic E-state index is 14.5. The number of benzene rings is 1. The van der Waals surface area contributed by atoms with Gasteiger partial charge in [-0.1, -0.05) is 50.0 Å². The second kappa shape index (κ2) is 16.6. The fraction of sp³-hybridized carbons (Fsp3) is 0.622. The van der Waals surface area contributed by atoms with Crippen LogP contribution in [0.25, 0.3) is 0 Å². The minimum atomic E-state index is -3.96. The van der Waals surface area contributed by atoms with Crippen LogP contribution in [0.1, 0.15) is 94.6 Å². The van der Waals surface area contributed by atoms with Crippen molar-refractivity contribution in [1.29, 1.82) is 0 Å². The van der Waals surface area contributed by atoms with Gasteiger partial charge in [0.05, 0.1) is 24.4 Å². The summed E-state index contributed by atoms with van der Waals surface area (Å²) >= 11 is 0. The van der Waals surface area contributed by atoms with Crippen LogP contribution in [0.5, 0.6) is 0 Å². The van der Waals surface area contributed by atoms with Gasteiger partial charge in [-0.05, 0) is 56.6 Å². The number of carbonyl (C=O) groups is 6. The summed E-state index contributed by atoms with van der Waals surface area (Å²) < 4.78 is 48.0. The molecule has 6 atom stereocenters. The van der Waals surface area contributed by atoms with Crippen LogP contribution in [0.4, 0.5) is 9.18 Å². The molecule has 0 bridgehead atoms. The summed E-state index contributed by atoms with van der Waals surface area (Å²) in [4.78, 5) is 82.6. The van der Waals surface area contributed by atoms with Gasteiger partial charge < -0.3 is 31.1 Å². The molecule has 300 valence electrons. The Labute approximate surface area is 318 Å². The zero-order chi connectivity index (χ0) is 39.5. The number of hydrogen-bond donors (Lipinski definition) is 5. The third kappa shape index (κ3) is 9.45. The van der Waals surface area contributed by atoms with Crippen LogP contribution >= 0.6 is 0 Å². The Bertz CT molecular complexity index is 1840. The van der Waals surface area contributed by atoms with Crippen molar-refractivity contribution in [2.75, 3.05) is 6.54 Å². The summed E-state index contributed by atoms with van der Waals surface area (Å²) in [5, 5.41) is 13.8. The van der Waals surface area contributed by atoms with E-state index in [9.17, 15) is 41.6 Å². The number of rotatable bonds is 9. The highest BCUT2D eigenvalue weighted by atomic mass is 32.2. The number of nitrogens with two attached hydrogens (primary N) is 1. The van der Waals surface area contributed by atoms with Crippen LogP contribution in [-0.4, -0.2) is 101 Å². The SMILES string of the molecule is N[C@H](CCC(=O)O)C(=O)N[C@H]1CCCCCCC/C=C\[C@H]2C[C@@]2(C(=O)NS(=O)(=O)C2CC2)NC(=O)[C@@H]2C[C@@H](OC(=O)N3Cc4cccc(F)c4C3)CN2C1=O. The maximum absolute atomic E-state index is 14.5. The zero-order valence-corrected chi connectivity index (χ0v) is 31.4. The molecule has 1 saturated heterocycles. The van der Waals surface area contributed by atoms with Crippen LogP contribution < -0.4 is 21.1 Å². The first-order chi connectivity index (χ1) is 26.2. The molecule has 2 saturated carbocycles. The lowest BCUT2D eigenvalue weighted by Crippen LogP contribution is -2.59. The molecule has 18 heteroatoms. The Morgan fingerprint density at radius 2 is 1.82 bits per heavy atom. The smallest absolute Gasteiger partial charge is 0.410 e. The Balaban J connectivity index is 1.25. The summed E-state index contributed by atoms with van der Waals surface area (Å²) in [6, 6.07) is 0.849. The molecule has 5 aliphatic rings. The summed E-state index contributed by atoms with van der Waals surface area (Å²) in [5.41, 5.74) is 5.36. The van der Waals surface area contributed by atoms with Gasteiger partial charge in [-0.3, -0.25) is 33.6 Å². The van der Waals surface area contributed by atoms with Crippen molar-refractivity contribution in [2.24, 2.45) is 11.7 Å². The molecule has 16 nitrogen and oxygen atoms in total. The van der Waals surface area contributed by atoms with Gasteiger partial charge in [0.25, 0.3) is 5.91 Å². The first kappa shape index (κ1) is 40.1. The molecule has 0 radical (unpaired) electrons. The Kier molecular flexibility index (Phi) is 12.1. The molecule has 3 aliphatic heterocycles. The normalized spacial score (nSPS) is 28.4. The van der Waals surface area contributed by atoms with Gasteiger partial charge in [-0.2, -0.15) is 0 Å². The monoisotopic (exact) mass is 788 g/mol. The molecular weight excluding hydrogens is 740 g/mol. The van der Waals surface area contributed by atoms with E-state index in [0.29, 0.717) is 36.8 Å². The largest absolute Gasteiger partial charge is 0.481 e. The first-order valence-corrected chi connectivity index (χ1v) is 20.6. The number of nitrogens with zero attached hydrogens (tertiary/aromatic N) is 2. The van der Waals surface area contributed by atoms with Crippen molar-refractivity contribution in [3.8, 4) is 0 Å². The molecule has 6 N–H and O–H groups in total. The number of carboxylic acids is 1.